The van der Waals surface area contributed by atoms with E-state index in [4.69, 9.17) is 29.6 Å². The summed E-state index contributed by atoms with van der Waals surface area (Å²) in [6, 6.07) is 5.33. The van der Waals surface area contributed by atoms with E-state index >= 15 is 0 Å². The van der Waals surface area contributed by atoms with Crippen LogP contribution in [0.2, 0.25) is 5.02 Å². The SMILES string of the molecule is NC(=S)c1ccc(Cl)c(Br)c1. The van der Waals surface area contributed by atoms with Crippen molar-refractivity contribution in [1.82, 2.24) is 0 Å². The Labute approximate surface area is 83.7 Å². The smallest absolute Gasteiger partial charge is 0.104 e. The fraction of sp³-hybridized carbons (Fsp3) is 0. The average molecular weight is 251 g/mol. The Morgan fingerprint density at radius 3 is 2.64 bits per heavy atom. The minimum Gasteiger partial charge on any atom is -0.389 e. The first-order valence-electron chi connectivity index (χ1n) is 2.86. The second-order valence-corrected chi connectivity index (χ2v) is 3.69. The quantitative estimate of drug-likeness (QED) is 0.776. The van der Waals surface area contributed by atoms with E-state index in [1.807, 2.05) is 0 Å². The molecule has 0 spiro atoms. The van der Waals surface area contributed by atoms with Crippen molar-refractivity contribution < 1.29 is 0 Å². The lowest BCUT2D eigenvalue weighted by molar-refractivity contribution is 1.59. The number of hydrogen-bond acceptors (Lipinski definition) is 1. The highest BCUT2D eigenvalue weighted by atomic mass is 79.9. The first-order chi connectivity index (χ1) is 5.11. The Morgan fingerprint density at radius 1 is 1.55 bits per heavy atom. The molecule has 0 fully saturated rings. The van der Waals surface area contributed by atoms with Gasteiger partial charge in [0, 0.05) is 10.0 Å². The van der Waals surface area contributed by atoms with Gasteiger partial charge in [-0.3, -0.25) is 0 Å². The van der Waals surface area contributed by atoms with Crippen LogP contribution < -0.4 is 5.73 Å². The van der Waals surface area contributed by atoms with Crippen LogP contribution in [0.15, 0.2) is 22.7 Å². The predicted molar refractivity (Wildman–Crippen MR) is 55.0 cm³/mol. The largest absolute Gasteiger partial charge is 0.389 e. The normalized spacial score (nSPS) is 9.64. The number of halogens is 2. The highest BCUT2D eigenvalue weighted by Gasteiger charge is 1.99. The lowest BCUT2D eigenvalue weighted by atomic mass is 10.2. The minimum atomic E-state index is 0.377. The summed E-state index contributed by atoms with van der Waals surface area (Å²) in [6.07, 6.45) is 0. The maximum Gasteiger partial charge on any atom is 0.104 e. The summed E-state index contributed by atoms with van der Waals surface area (Å²) in [6.45, 7) is 0. The lowest BCUT2D eigenvalue weighted by Crippen LogP contribution is -2.08. The Kier molecular flexibility index (Phi) is 2.87. The van der Waals surface area contributed by atoms with E-state index in [-0.39, 0.29) is 0 Å². The summed E-state index contributed by atoms with van der Waals surface area (Å²) in [5.74, 6) is 0. The predicted octanol–water partition coefficient (Wildman–Crippen LogP) is 2.74. The van der Waals surface area contributed by atoms with Crippen molar-refractivity contribution in [2.24, 2.45) is 5.73 Å². The van der Waals surface area contributed by atoms with E-state index in [1.165, 1.54) is 0 Å². The van der Waals surface area contributed by atoms with Crippen LogP contribution in [0.4, 0.5) is 0 Å². The molecule has 1 rings (SSSR count). The molecule has 0 bridgehead atoms. The Bertz CT molecular complexity index is 300. The molecule has 0 unspecified atom stereocenters. The van der Waals surface area contributed by atoms with Crippen molar-refractivity contribution in [2.75, 3.05) is 0 Å². The Hall–Kier alpha value is -0.120. The maximum absolute atomic E-state index is 5.75. The highest BCUT2D eigenvalue weighted by molar-refractivity contribution is 9.10. The summed E-state index contributed by atoms with van der Waals surface area (Å²) in [7, 11) is 0. The maximum atomic E-state index is 5.75. The van der Waals surface area contributed by atoms with Crippen LogP contribution in [0.5, 0.6) is 0 Å². The Morgan fingerprint density at radius 2 is 2.18 bits per heavy atom. The fourth-order valence-electron chi connectivity index (χ4n) is 0.649. The Balaban J connectivity index is 3.15. The number of hydrogen-bond donors (Lipinski definition) is 1. The van der Waals surface area contributed by atoms with Crippen molar-refractivity contribution in [1.29, 1.82) is 0 Å². The minimum absolute atomic E-state index is 0.377. The molecule has 4 heteroatoms. The molecule has 0 atom stereocenters. The molecule has 0 radical (unpaired) electrons. The van der Waals surface area contributed by atoms with Crippen molar-refractivity contribution in [3.05, 3.63) is 33.3 Å². The molecule has 1 nitrogen and oxygen atoms in total. The molecule has 58 valence electrons. The average Bonchev–Trinajstić information content (AvgIpc) is 1.94. The zero-order valence-electron chi connectivity index (χ0n) is 5.47. The molecule has 11 heavy (non-hydrogen) atoms. The standard InChI is InChI=1S/C7H5BrClNS/c8-5-3-4(7(10)11)1-2-6(5)9/h1-3H,(H2,10,11). The van der Waals surface area contributed by atoms with Gasteiger partial charge < -0.3 is 5.73 Å². The van der Waals surface area contributed by atoms with Crippen LogP contribution in [0.25, 0.3) is 0 Å². The molecule has 0 saturated heterocycles. The molecule has 0 aliphatic heterocycles. The van der Waals surface area contributed by atoms with E-state index in [9.17, 15) is 0 Å². The van der Waals surface area contributed by atoms with Gasteiger partial charge in [0.2, 0.25) is 0 Å². The molecular weight excluding hydrogens is 246 g/mol. The third-order valence-corrected chi connectivity index (χ3v) is 2.65. The molecule has 0 aliphatic carbocycles. The molecule has 1 aromatic rings. The van der Waals surface area contributed by atoms with E-state index in [2.05, 4.69) is 15.9 Å². The fourth-order valence-corrected chi connectivity index (χ4v) is 1.27. The van der Waals surface area contributed by atoms with Crippen molar-refractivity contribution in [2.45, 2.75) is 0 Å². The third kappa shape index (κ3) is 2.15. The molecule has 0 heterocycles. The van der Waals surface area contributed by atoms with Crippen molar-refractivity contribution >= 4 is 44.7 Å². The summed E-state index contributed by atoms with van der Waals surface area (Å²) < 4.78 is 0.810. The van der Waals surface area contributed by atoms with Crippen LogP contribution in [0, 0.1) is 0 Å². The molecule has 0 aliphatic rings. The molecule has 0 aromatic heterocycles. The number of thiocarbonyl (C=S) groups is 1. The summed E-state index contributed by atoms with van der Waals surface area (Å²) in [5, 5.41) is 0.657. The van der Waals surface area contributed by atoms with Gasteiger partial charge in [0.25, 0.3) is 0 Å². The summed E-state index contributed by atoms with van der Waals surface area (Å²) in [4.78, 5) is 0.377. The summed E-state index contributed by atoms with van der Waals surface area (Å²) >= 11 is 13.8. The van der Waals surface area contributed by atoms with Gasteiger partial charge in [0.1, 0.15) is 4.99 Å². The summed E-state index contributed by atoms with van der Waals surface area (Å²) in [5.41, 5.74) is 6.22. The van der Waals surface area contributed by atoms with Gasteiger partial charge >= 0.3 is 0 Å². The third-order valence-electron chi connectivity index (χ3n) is 1.20. The van der Waals surface area contributed by atoms with Crippen LogP contribution in [0.1, 0.15) is 5.56 Å². The second-order valence-electron chi connectivity index (χ2n) is 1.99. The van der Waals surface area contributed by atoms with Gasteiger partial charge in [0.15, 0.2) is 0 Å². The van der Waals surface area contributed by atoms with Crippen molar-refractivity contribution in [3.63, 3.8) is 0 Å². The monoisotopic (exact) mass is 249 g/mol. The van der Waals surface area contributed by atoms with Crippen LogP contribution >= 0.6 is 39.7 Å². The van der Waals surface area contributed by atoms with Crippen LogP contribution in [-0.2, 0) is 0 Å². The van der Waals surface area contributed by atoms with E-state index in [1.54, 1.807) is 18.2 Å². The molecule has 1 aromatic carbocycles. The first-order valence-corrected chi connectivity index (χ1v) is 4.44. The second kappa shape index (κ2) is 3.52. The van der Waals surface area contributed by atoms with Gasteiger partial charge in [0.05, 0.1) is 5.02 Å². The van der Waals surface area contributed by atoms with Gasteiger partial charge in [-0.1, -0.05) is 29.9 Å². The topological polar surface area (TPSA) is 26.0 Å². The molecule has 2 N–H and O–H groups in total. The van der Waals surface area contributed by atoms with E-state index in [0.717, 1.165) is 10.0 Å². The van der Waals surface area contributed by atoms with Crippen LogP contribution in [-0.4, -0.2) is 4.99 Å². The molecular formula is C7H5BrClNS. The van der Waals surface area contributed by atoms with Gasteiger partial charge in [-0.15, -0.1) is 0 Å². The van der Waals surface area contributed by atoms with Gasteiger partial charge in [-0.2, -0.15) is 0 Å². The lowest BCUT2D eigenvalue weighted by Gasteiger charge is -1.99. The van der Waals surface area contributed by atoms with E-state index in [0.29, 0.717) is 10.0 Å². The number of nitrogens with two attached hydrogens (primary N) is 1. The van der Waals surface area contributed by atoms with Crippen LogP contribution in [0.3, 0.4) is 0 Å². The zero-order chi connectivity index (χ0) is 8.43. The number of rotatable bonds is 1. The number of benzene rings is 1. The highest BCUT2D eigenvalue weighted by Crippen LogP contribution is 2.22. The first kappa shape index (κ1) is 8.97. The van der Waals surface area contributed by atoms with Gasteiger partial charge in [-0.25, -0.2) is 0 Å². The van der Waals surface area contributed by atoms with Crippen molar-refractivity contribution in [3.8, 4) is 0 Å². The zero-order valence-corrected chi connectivity index (χ0v) is 8.63. The van der Waals surface area contributed by atoms with Gasteiger partial charge in [-0.05, 0) is 28.1 Å². The van der Waals surface area contributed by atoms with E-state index < -0.39 is 0 Å². The molecule has 0 amide bonds. The molecule has 0 saturated carbocycles.